The molecule has 1 aliphatic carbocycles. The molecule has 1 saturated carbocycles. The van der Waals surface area contributed by atoms with Crippen LogP contribution in [0, 0.1) is 56.7 Å². The van der Waals surface area contributed by atoms with E-state index in [-0.39, 0.29) is 69.9 Å². The summed E-state index contributed by atoms with van der Waals surface area (Å²) >= 11 is 3.46. The predicted molar refractivity (Wildman–Crippen MR) is 509 cm³/mol. The number of imidazole rings is 2. The van der Waals surface area contributed by atoms with Crippen molar-refractivity contribution in [2.24, 2.45) is 18.9 Å². The molecular weight excluding hydrogens is 1550 g/mol. The first kappa shape index (κ1) is 99.3. The number of hydrogen-bond acceptors (Lipinski definition) is 15. The highest BCUT2D eigenvalue weighted by atomic mass is 32.1. The van der Waals surface area contributed by atoms with Crippen molar-refractivity contribution in [3.63, 3.8) is 0 Å². The van der Waals surface area contributed by atoms with Crippen LogP contribution in [0.15, 0.2) is 132 Å². The number of aryl methyl sites for hydroxylation is 6. The molecule has 2 aromatic carbocycles. The summed E-state index contributed by atoms with van der Waals surface area (Å²) in [5.74, 6) is 5.67. The third-order valence-electron chi connectivity index (χ3n) is 21.5. The number of halogens is 1. The first-order valence-corrected chi connectivity index (χ1v) is 44.0. The number of para-hydroxylation sites is 2. The Balaban J connectivity index is 0.000000192. The van der Waals surface area contributed by atoms with E-state index < -0.39 is 0 Å². The van der Waals surface area contributed by atoms with Gasteiger partial charge in [0.1, 0.15) is 46.6 Å². The molecule has 22 heteroatoms. The molecule has 0 amide bonds. The maximum absolute atomic E-state index is 13.8. The summed E-state index contributed by atoms with van der Waals surface area (Å²) in [5, 5.41) is 29.2. The summed E-state index contributed by atoms with van der Waals surface area (Å²) < 4.78 is 32.4. The standard InChI is InChI=1S/C17H24N2.C14H17FN2.C14H19N.C12H17N3.C11H14N2S.C11H17NO.C10H14N2S.C9H13N5.2CH4/c1-11(2)12(3)16-18-15-13(17(4,5)6)9-8-10-14(15)19(16)7;1-10-9-13(14(2,3)4)17(16-10)12-8-6-5-7-11(12)15;1-5-11-6-8-15-9-7-12(13(15)10-11)14(2,3)4;1-12(2,3)10-7-14-15-8-9(6-13)4-5-11(10)15;1-7-9-8(5-6-12-7)14-10(13-9)11(2,3)4;1-7-5-8(7)9-6-10(13-12-9)11(2,3)4;1-7-8(10(2,3)4)12-5-6-13-9(12)11-7;1-6-12-7(9(2,3)4)14-8(13-6)10-5-11-14;;/h8-10H,1-7H3;5-9H,1-4H3;6-10H,5H2,1-4H3;7,9H,4-5,8H2,1-3H3;5-6H,1-4H3;6-8H,5H2,1-4H3;5-6H,1-4H3;5H,1-4H3;2*1H4. The zero-order valence-corrected chi connectivity index (χ0v) is 80.1. The normalized spacial score (nSPS) is 14.7. The largest absolute Gasteiger partial charge is 0.361 e. The van der Waals surface area contributed by atoms with Crippen molar-refractivity contribution in [3.8, 4) is 11.8 Å². The smallest absolute Gasteiger partial charge is 0.255 e. The molecule has 122 heavy (non-hydrogen) atoms. The highest BCUT2D eigenvalue weighted by Crippen LogP contribution is 2.47. The Morgan fingerprint density at radius 1 is 0.639 bits per heavy atom. The van der Waals surface area contributed by atoms with Gasteiger partial charge in [-0.1, -0.05) is 230 Å². The summed E-state index contributed by atoms with van der Waals surface area (Å²) in [5.41, 5.74) is 22.0. The molecule has 0 spiro atoms. The fourth-order valence-electron chi connectivity index (χ4n) is 14.4. The highest BCUT2D eigenvalue weighted by Gasteiger charge is 2.38. The van der Waals surface area contributed by atoms with E-state index >= 15 is 0 Å². The number of nitrogens with zero attached hydrogens (tertiary/aromatic N) is 18. The Hall–Kier alpha value is -9.85. The monoisotopic (exact) mass is 1700 g/mol. The quantitative estimate of drug-likeness (QED) is 0.161. The van der Waals surface area contributed by atoms with Crippen molar-refractivity contribution in [1.82, 2.24) is 82.6 Å². The predicted octanol–water partition coefficient (Wildman–Crippen LogP) is 26.2. The number of fused-ring (bicyclic) bond motifs is 6. The second-order valence-corrected chi connectivity index (χ2v) is 42.6. The average molecular weight is 1700 g/mol. The van der Waals surface area contributed by atoms with Crippen molar-refractivity contribution >= 4 is 65.8 Å². The summed E-state index contributed by atoms with van der Waals surface area (Å²) in [6.07, 6.45) is 16.1. The first-order chi connectivity index (χ1) is 55.6. The van der Waals surface area contributed by atoms with Crippen LogP contribution < -0.4 is 0 Å². The molecule has 1 aliphatic heterocycles. The van der Waals surface area contributed by atoms with Gasteiger partial charge in [0.2, 0.25) is 0 Å². The number of nitriles is 1. The minimum absolute atomic E-state index is 0. The van der Waals surface area contributed by atoms with E-state index in [1.54, 1.807) is 44.0 Å². The van der Waals surface area contributed by atoms with E-state index in [9.17, 15) is 4.39 Å². The lowest BCUT2D eigenvalue weighted by Gasteiger charge is -2.23. The molecule has 3 atom stereocenters. The van der Waals surface area contributed by atoms with Crippen LogP contribution in [-0.4, -0.2) is 82.6 Å². The van der Waals surface area contributed by atoms with Gasteiger partial charge in [0, 0.05) is 93.2 Å². The van der Waals surface area contributed by atoms with Gasteiger partial charge in [0.25, 0.3) is 5.78 Å². The van der Waals surface area contributed by atoms with Gasteiger partial charge in [-0.2, -0.15) is 35.0 Å². The Kier molecular flexibility index (Phi) is 31.7. The molecule has 3 unspecified atom stereocenters. The van der Waals surface area contributed by atoms with Crippen LogP contribution in [0.5, 0.6) is 0 Å². The van der Waals surface area contributed by atoms with E-state index in [0.29, 0.717) is 17.4 Å². The number of rotatable bonds is 4. The van der Waals surface area contributed by atoms with Crippen LogP contribution in [0.3, 0.4) is 0 Å². The van der Waals surface area contributed by atoms with Gasteiger partial charge in [0.05, 0.1) is 73.9 Å². The summed E-state index contributed by atoms with van der Waals surface area (Å²) in [6, 6.07) is 28.4. The molecule has 658 valence electrons. The van der Waals surface area contributed by atoms with Crippen molar-refractivity contribution in [2.75, 3.05) is 0 Å². The van der Waals surface area contributed by atoms with E-state index in [1.165, 1.54) is 84.3 Å². The first-order valence-electron chi connectivity index (χ1n) is 42.3. The summed E-state index contributed by atoms with van der Waals surface area (Å²) in [7, 11) is 2.10. The van der Waals surface area contributed by atoms with Gasteiger partial charge in [-0.25, -0.2) is 29.0 Å². The molecule has 13 heterocycles. The molecule has 2 aliphatic rings. The van der Waals surface area contributed by atoms with Crippen LogP contribution in [0.2, 0.25) is 0 Å². The number of aromatic nitrogens is 17. The van der Waals surface area contributed by atoms with Crippen molar-refractivity contribution in [3.05, 3.63) is 223 Å². The van der Waals surface area contributed by atoms with Crippen LogP contribution in [0.4, 0.5) is 4.39 Å². The van der Waals surface area contributed by atoms with Crippen LogP contribution >= 0.6 is 22.7 Å². The SMILES string of the molecule is C.C.CC(C)(C)c1cnn2c1CCC(C#N)C2.CC(C)=C(C)c1nc2c(C(C)(C)C)cccc2n1C.CC1CC1c1cc(C(C)(C)C)on1.CCc1ccn2ccc(C(C)(C)C)c2c1.Cc1cc(C(C)(C)C)n(-c2ccccc2F)n1.Cc1nc(C(C)(C)C)n2ncnc2n1.Cc1nc2sccn2c1C(C)(C)C.Cc1nccc2sc(C(C)(C)C)nc12. The van der Waals surface area contributed by atoms with Gasteiger partial charge < -0.3 is 13.5 Å². The molecule has 0 saturated heterocycles. The van der Waals surface area contributed by atoms with E-state index in [4.69, 9.17) is 14.8 Å². The lowest BCUT2D eigenvalue weighted by atomic mass is 9.85. The van der Waals surface area contributed by atoms with E-state index in [0.717, 1.165) is 99.4 Å². The third kappa shape index (κ3) is 24.3. The zero-order valence-electron chi connectivity index (χ0n) is 78.5. The lowest BCUT2D eigenvalue weighted by Crippen LogP contribution is -2.22. The van der Waals surface area contributed by atoms with Crippen LogP contribution in [0.1, 0.15) is 325 Å². The second kappa shape index (κ2) is 38.9. The van der Waals surface area contributed by atoms with Crippen molar-refractivity contribution in [1.29, 1.82) is 5.26 Å². The highest BCUT2D eigenvalue weighted by molar-refractivity contribution is 7.18. The van der Waals surface area contributed by atoms with Crippen molar-refractivity contribution in [2.45, 2.75) is 325 Å². The van der Waals surface area contributed by atoms with Gasteiger partial charge in [0.15, 0.2) is 4.96 Å². The minimum atomic E-state index is -0.249. The molecular formula is C100H143FN18OS2. The van der Waals surface area contributed by atoms with Crippen LogP contribution in [-0.2, 0) is 69.8 Å². The summed E-state index contributed by atoms with van der Waals surface area (Å²) in [6.45, 7) is 71.9. The maximum atomic E-state index is 13.8. The maximum Gasteiger partial charge on any atom is 0.255 e. The zero-order chi connectivity index (χ0) is 89.1. The molecule has 19 nitrogen and oxygen atoms in total. The molecule has 16 rings (SSSR count). The van der Waals surface area contributed by atoms with Gasteiger partial charge in [-0.3, -0.25) is 14.1 Å². The Bertz CT molecular complexity index is 5890. The molecule has 14 aromatic rings. The number of hydrogen-bond donors (Lipinski definition) is 0. The number of thiazole rings is 2. The second-order valence-electron chi connectivity index (χ2n) is 40.7. The fraction of sp³-hybridized carbons (Fsp3) is 0.520. The van der Waals surface area contributed by atoms with E-state index in [1.807, 2.05) is 56.0 Å². The van der Waals surface area contributed by atoms with Gasteiger partial charge in [-0.15, -0.1) is 22.7 Å². The molecule has 0 bridgehead atoms. The average Bonchev–Trinajstić information content (AvgIpc) is 1.61. The molecule has 0 radical (unpaired) electrons. The minimum Gasteiger partial charge on any atom is -0.361 e. The van der Waals surface area contributed by atoms with Crippen LogP contribution in [0.25, 0.3) is 48.8 Å². The lowest BCUT2D eigenvalue weighted by molar-refractivity contribution is 0.325. The Morgan fingerprint density at radius 2 is 1.29 bits per heavy atom. The third-order valence-corrected chi connectivity index (χ3v) is 23.7. The van der Waals surface area contributed by atoms with Gasteiger partial charge in [-0.05, 0) is 173 Å². The Labute approximate surface area is 736 Å². The fourth-order valence-corrected chi connectivity index (χ4v) is 16.2. The molecule has 1 fully saturated rings. The molecule has 12 aromatic heterocycles. The molecule has 0 N–H and O–H groups in total. The Morgan fingerprint density at radius 3 is 1.84 bits per heavy atom. The van der Waals surface area contributed by atoms with E-state index in [2.05, 4.69) is 351 Å². The van der Waals surface area contributed by atoms with Gasteiger partial charge >= 0.3 is 0 Å². The number of allylic oxidation sites excluding steroid dienone is 2. The number of benzene rings is 2. The summed E-state index contributed by atoms with van der Waals surface area (Å²) in [4.78, 5) is 32.0. The van der Waals surface area contributed by atoms with Crippen molar-refractivity contribution < 1.29 is 8.91 Å². The number of pyridine rings is 2. The topological polar surface area (TPSA) is 207 Å².